The molecule has 0 amide bonds. The molecule has 1 heterocycles. The molecule has 2 N–H and O–H groups in total. The lowest BCUT2D eigenvalue weighted by molar-refractivity contribution is -0.264. The highest BCUT2D eigenvalue weighted by molar-refractivity contribution is 5.74. The zero-order valence-electron chi connectivity index (χ0n) is 6.75. The Labute approximate surface area is 70.1 Å². The number of hydrogen-bond acceptors (Lipinski definition) is 4. The van der Waals surface area contributed by atoms with Crippen molar-refractivity contribution in [3.63, 3.8) is 0 Å². The second-order valence-corrected chi connectivity index (χ2v) is 3.67. The molecule has 0 spiro atoms. The van der Waals surface area contributed by atoms with Crippen LogP contribution in [0, 0.1) is 0 Å². The molecule has 0 aromatic carbocycles. The minimum Gasteiger partial charge on any atom is -0.430 e. The first-order chi connectivity index (χ1) is 5.56. The van der Waals surface area contributed by atoms with Crippen LogP contribution in [0.15, 0.2) is 0 Å². The summed E-state index contributed by atoms with van der Waals surface area (Å²) in [5.41, 5.74) is -1.32. The Morgan fingerprint density at radius 3 is 2.58 bits per heavy atom. The molecule has 0 bridgehead atoms. The molecule has 2 fully saturated rings. The second kappa shape index (κ2) is 2.20. The average molecular weight is 172 g/mol. The van der Waals surface area contributed by atoms with Gasteiger partial charge >= 0.3 is 5.97 Å². The first-order valence-corrected chi connectivity index (χ1v) is 4.22. The summed E-state index contributed by atoms with van der Waals surface area (Å²) < 4.78 is 4.72. The predicted molar refractivity (Wildman–Crippen MR) is 39.1 cm³/mol. The Balaban J connectivity index is 2.30. The number of esters is 1. The fourth-order valence-electron chi connectivity index (χ4n) is 2.05. The molecular weight excluding hydrogens is 160 g/mol. The van der Waals surface area contributed by atoms with Gasteiger partial charge in [0.25, 0.3) is 0 Å². The summed E-state index contributed by atoms with van der Waals surface area (Å²) in [6.07, 6.45) is 2.38. The molecule has 4 nitrogen and oxygen atoms in total. The van der Waals surface area contributed by atoms with Gasteiger partial charge in [0.2, 0.25) is 5.79 Å². The van der Waals surface area contributed by atoms with E-state index in [1.54, 1.807) is 0 Å². The standard InChI is InChI=1S/C8H12O4/c9-6-5-7(10)3-1-2-4-8(7,11)12-6/h10-11H,1-5H2. The highest BCUT2D eigenvalue weighted by atomic mass is 16.7. The lowest BCUT2D eigenvalue weighted by Gasteiger charge is -2.38. The Bertz CT molecular complexity index is 205. The molecule has 12 heavy (non-hydrogen) atoms. The van der Waals surface area contributed by atoms with E-state index in [-0.39, 0.29) is 6.42 Å². The van der Waals surface area contributed by atoms with Gasteiger partial charge in [0.1, 0.15) is 5.60 Å². The van der Waals surface area contributed by atoms with Crippen LogP contribution in [0.2, 0.25) is 0 Å². The van der Waals surface area contributed by atoms with E-state index in [1.807, 2.05) is 0 Å². The molecule has 1 aliphatic carbocycles. The summed E-state index contributed by atoms with van der Waals surface area (Å²) in [7, 11) is 0. The van der Waals surface area contributed by atoms with Crippen LogP contribution in [0.1, 0.15) is 32.1 Å². The topological polar surface area (TPSA) is 66.8 Å². The number of fused-ring (bicyclic) bond motifs is 1. The van der Waals surface area contributed by atoms with Gasteiger partial charge in [-0.1, -0.05) is 6.42 Å². The molecular formula is C8H12O4. The van der Waals surface area contributed by atoms with Crippen molar-refractivity contribution in [3.8, 4) is 0 Å². The van der Waals surface area contributed by atoms with E-state index in [1.165, 1.54) is 0 Å². The molecule has 1 aliphatic heterocycles. The number of aliphatic hydroxyl groups is 2. The van der Waals surface area contributed by atoms with Crippen LogP contribution in [0.3, 0.4) is 0 Å². The summed E-state index contributed by atoms with van der Waals surface area (Å²) in [4.78, 5) is 10.9. The molecule has 2 atom stereocenters. The van der Waals surface area contributed by atoms with E-state index in [0.717, 1.165) is 12.8 Å². The van der Waals surface area contributed by atoms with Crippen molar-refractivity contribution in [1.29, 1.82) is 0 Å². The van der Waals surface area contributed by atoms with E-state index in [9.17, 15) is 15.0 Å². The molecule has 0 radical (unpaired) electrons. The van der Waals surface area contributed by atoms with E-state index in [2.05, 4.69) is 0 Å². The number of rotatable bonds is 0. The van der Waals surface area contributed by atoms with Gasteiger partial charge in [0, 0.05) is 6.42 Å². The molecule has 1 saturated carbocycles. The third-order valence-corrected chi connectivity index (χ3v) is 2.80. The Morgan fingerprint density at radius 2 is 1.92 bits per heavy atom. The lowest BCUT2D eigenvalue weighted by atomic mass is 9.79. The van der Waals surface area contributed by atoms with Gasteiger partial charge in [0.05, 0.1) is 6.42 Å². The second-order valence-electron chi connectivity index (χ2n) is 3.67. The van der Waals surface area contributed by atoms with Crippen LogP contribution in [-0.2, 0) is 9.53 Å². The average Bonchev–Trinajstić information content (AvgIpc) is 2.18. The SMILES string of the molecule is O=C1CC2(O)CCCCC2(O)O1. The van der Waals surface area contributed by atoms with Gasteiger partial charge in [-0.2, -0.15) is 0 Å². The van der Waals surface area contributed by atoms with Gasteiger partial charge in [-0.3, -0.25) is 4.79 Å². The van der Waals surface area contributed by atoms with Crippen LogP contribution >= 0.6 is 0 Å². The van der Waals surface area contributed by atoms with Gasteiger partial charge < -0.3 is 14.9 Å². The Kier molecular flexibility index (Phi) is 1.47. The van der Waals surface area contributed by atoms with Gasteiger partial charge in [-0.25, -0.2) is 0 Å². The predicted octanol–water partition coefficient (Wildman–Crippen LogP) is -0.0730. The van der Waals surface area contributed by atoms with E-state index < -0.39 is 17.4 Å². The first-order valence-electron chi connectivity index (χ1n) is 4.22. The highest BCUT2D eigenvalue weighted by Gasteiger charge is 2.60. The van der Waals surface area contributed by atoms with Crippen molar-refractivity contribution in [2.45, 2.75) is 43.5 Å². The molecule has 2 unspecified atom stereocenters. The third kappa shape index (κ3) is 0.881. The van der Waals surface area contributed by atoms with Crippen LogP contribution < -0.4 is 0 Å². The zero-order valence-corrected chi connectivity index (χ0v) is 6.75. The highest BCUT2D eigenvalue weighted by Crippen LogP contribution is 2.45. The quantitative estimate of drug-likeness (QED) is 0.502. The normalized spacial score (nSPS) is 47.0. The molecule has 0 aromatic heterocycles. The van der Waals surface area contributed by atoms with Crippen molar-refractivity contribution in [2.75, 3.05) is 0 Å². The monoisotopic (exact) mass is 172 g/mol. The molecule has 0 aromatic rings. The summed E-state index contributed by atoms with van der Waals surface area (Å²) in [6, 6.07) is 0. The minimum atomic E-state index is -1.59. The number of carbonyl (C=O) groups excluding carboxylic acids is 1. The van der Waals surface area contributed by atoms with Crippen molar-refractivity contribution in [1.82, 2.24) is 0 Å². The first kappa shape index (κ1) is 8.01. The number of ether oxygens (including phenoxy) is 1. The maximum Gasteiger partial charge on any atom is 0.311 e. The third-order valence-electron chi connectivity index (χ3n) is 2.80. The van der Waals surface area contributed by atoms with Gasteiger partial charge in [-0.15, -0.1) is 0 Å². The Morgan fingerprint density at radius 1 is 1.25 bits per heavy atom. The van der Waals surface area contributed by atoms with Crippen LogP contribution in [0.4, 0.5) is 0 Å². The van der Waals surface area contributed by atoms with Gasteiger partial charge in [-0.05, 0) is 12.8 Å². The van der Waals surface area contributed by atoms with Crippen molar-refractivity contribution >= 4 is 5.97 Å². The molecule has 2 rings (SSSR count). The molecule has 68 valence electrons. The summed E-state index contributed by atoms with van der Waals surface area (Å²) >= 11 is 0. The van der Waals surface area contributed by atoms with Crippen molar-refractivity contribution in [2.24, 2.45) is 0 Å². The largest absolute Gasteiger partial charge is 0.430 e. The summed E-state index contributed by atoms with van der Waals surface area (Å²) in [5, 5.41) is 19.6. The zero-order chi connectivity index (χ0) is 8.82. The Hall–Kier alpha value is -0.610. The van der Waals surface area contributed by atoms with Gasteiger partial charge in [0.15, 0.2) is 0 Å². The van der Waals surface area contributed by atoms with E-state index in [0.29, 0.717) is 12.8 Å². The summed E-state index contributed by atoms with van der Waals surface area (Å²) in [5.74, 6) is -2.09. The summed E-state index contributed by atoms with van der Waals surface area (Å²) in [6.45, 7) is 0. The maximum absolute atomic E-state index is 10.9. The van der Waals surface area contributed by atoms with E-state index in [4.69, 9.17) is 4.74 Å². The van der Waals surface area contributed by atoms with Crippen LogP contribution in [-0.4, -0.2) is 27.6 Å². The maximum atomic E-state index is 10.9. The fourth-order valence-corrected chi connectivity index (χ4v) is 2.05. The fraction of sp³-hybridized carbons (Fsp3) is 0.875. The van der Waals surface area contributed by atoms with Crippen LogP contribution in [0.25, 0.3) is 0 Å². The van der Waals surface area contributed by atoms with E-state index >= 15 is 0 Å². The number of hydrogen-bond donors (Lipinski definition) is 2. The molecule has 4 heteroatoms. The lowest BCUT2D eigenvalue weighted by Crippen LogP contribution is -2.52. The van der Waals surface area contributed by atoms with Crippen molar-refractivity contribution < 1.29 is 19.7 Å². The minimum absolute atomic E-state index is 0.0660. The smallest absolute Gasteiger partial charge is 0.311 e. The molecule has 1 saturated heterocycles. The van der Waals surface area contributed by atoms with Crippen LogP contribution in [0.5, 0.6) is 0 Å². The molecule has 2 aliphatic rings. The number of carbonyl (C=O) groups is 1. The van der Waals surface area contributed by atoms with Crippen molar-refractivity contribution in [3.05, 3.63) is 0 Å².